The molecule has 1 aromatic rings. The summed E-state index contributed by atoms with van der Waals surface area (Å²) in [6.07, 6.45) is 1.84. The molecule has 0 atom stereocenters. The van der Waals surface area contributed by atoms with Gasteiger partial charge in [-0.3, -0.25) is 9.52 Å². The predicted molar refractivity (Wildman–Crippen MR) is 83.1 cm³/mol. The Hall–Kier alpha value is -1.60. The van der Waals surface area contributed by atoms with Crippen LogP contribution in [0.4, 0.5) is 5.69 Å². The largest absolute Gasteiger partial charge is 0.382 e. The van der Waals surface area contributed by atoms with Crippen molar-refractivity contribution in [1.82, 2.24) is 5.32 Å². The molecule has 0 bridgehead atoms. The van der Waals surface area contributed by atoms with Crippen molar-refractivity contribution in [2.75, 3.05) is 30.7 Å². The molecule has 0 unspecified atom stereocenters. The summed E-state index contributed by atoms with van der Waals surface area (Å²) in [5.41, 5.74) is 1.68. The Labute approximate surface area is 125 Å². The van der Waals surface area contributed by atoms with E-state index in [1.807, 2.05) is 6.92 Å². The first-order chi connectivity index (χ1) is 9.83. The quantitative estimate of drug-likeness (QED) is 0.713. The average Bonchev–Trinajstić information content (AvgIpc) is 2.39. The molecule has 0 radical (unpaired) electrons. The van der Waals surface area contributed by atoms with Gasteiger partial charge in [0.25, 0.3) is 5.91 Å². The number of hydrogen-bond donors (Lipinski definition) is 2. The van der Waals surface area contributed by atoms with Crippen LogP contribution in [0.15, 0.2) is 18.2 Å². The van der Waals surface area contributed by atoms with Gasteiger partial charge >= 0.3 is 0 Å². The van der Waals surface area contributed by atoms with Crippen LogP contribution in [-0.2, 0) is 14.8 Å². The number of rotatable bonds is 8. The first kappa shape index (κ1) is 17.5. The van der Waals surface area contributed by atoms with Gasteiger partial charge in [0, 0.05) is 25.3 Å². The van der Waals surface area contributed by atoms with E-state index in [1.54, 1.807) is 25.1 Å². The fourth-order valence-corrected chi connectivity index (χ4v) is 2.37. The first-order valence-corrected chi connectivity index (χ1v) is 8.67. The Bertz CT molecular complexity index is 585. The van der Waals surface area contributed by atoms with Gasteiger partial charge in [0.2, 0.25) is 10.0 Å². The molecule has 0 fully saturated rings. The topological polar surface area (TPSA) is 84.5 Å². The van der Waals surface area contributed by atoms with Crippen LogP contribution >= 0.6 is 0 Å². The number of sulfonamides is 1. The Kier molecular flexibility index (Phi) is 6.64. The van der Waals surface area contributed by atoms with Crippen molar-refractivity contribution < 1.29 is 17.9 Å². The lowest BCUT2D eigenvalue weighted by Crippen LogP contribution is -2.25. The molecule has 0 heterocycles. The zero-order chi connectivity index (χ0) is 15.9. The van der Waals surface area contributed by atoms with Crippen LogP contribution < -0.4 is 10.0 Å². The number of ether oxygens (including phenoxy) is 1. The summed E-state index contributed by atoms with van der Waals surface area (Å²) in [7, 11) is -3.32. The molecule has 1 rings (SSSR count). The molecule has 21 heavy (non-hydrogen) atoms. The highest BCUT2D eigenvalue weighted by Crippen LogP contribution is 2.17. The maximum atomic E-state index is 11.9. The van der Waals surface area contributed by atoms with Crippen LogP contribution in [0.25, 0.3) is 0 Å². The molecule has 2 N–H and O–H groups in total. The predicted octanol–water partition coefficient (Wildman–Crippen LogP) is 1.52. The molecule has 0 aliphatic carbocycles. The normalized spacial score (nSPS) is 11.2. The molecular weight excluding hydrogens is 292 g/mol. The molecular formula is C14H22N2O4S. The lowest BCUT2D eigenvalue weighted by molar-refractivity contribution is 0.0944. The minimum absolute atomic E-state index is 0.180. The van der Waals surface area contributed by atoms with Crippen LogP contribution in [0.3, 0.4) is 0 Å². The van der Waals surface area contributed by atoms with Gasteiger partial charge in [0.05, 0.1) is 11.9 Å². The molecule has 0 aliphatic rings. The molecule has 0 saturated heterocycles. The number of aryl methyl sites for hydroxylation is 1. The second-order valence-electron chi connectivity index (χ2n) is 4.71. The molecule has 1 amide bonds. The van der Waals surface area contributed by atoms with E-state index in [4.69, 9.17) is 4.74 Å². The summed E-state index contributed by atoms with van der Waals surface area (Å²) < 4.78 is 30.0. The lowest BCUT2D eigenvalue weighted by atomic mass is 10.1. The highest BCUT2D eigenvalue weighted by atomic mass is 32.2. The molecule has 0 saturated carbocycles. The van der Waals surface area contributed by atoms with Crippen molar-refractivity contribution >= 4 is 21.6 Å². The van der Waals surface area contributed by atoms with Gasteiger partial charge in [-0.15, -0.1) is 0 Å². The molecule has 0 aromatic heterocycles. The summed E-state index contributed by atoms with van der Waals surface area (Å²) in [6.45, 7) is 5.50. The molecule has 1 aromatic carbocycles. The minimum atomic E-state index is -3.32. The van der Waals surface area contributed by atoms with Crippen LogP contribution in [0, 0.1) is 6.92 Å². The third kappa shape index (κ3) is 6.59. The van der Waals surface area contributed by atoms with Gasteiger partial charge in [-0.2, -0.15) is 0 Å². The summed E-state index contributed by atoms with van der Waals surface area (Å²) in [5, 5.41) is 2.80. The van der Waals surface area contributed by atoms with E-state index in [-0.39, 0.29) is 5.91 Å². The zero-order valence-corrected chi connectivity index (χ0v) is 13.4. The van der Waals surface area contributed by atoms with Crippen molar-refractivity contribution in [1.29, 1.82) is 0 Å². The van der Waals surface area contributed by atoms with E-state index in [0.717, 1.165) is 12.7 Å². The van der Waals surface area contributed by atoms with Gasteiger partial charge in [-0.25, -0.2) is 8.42 Å². The minimum Gasteiger partial charge on any atom is -0.382 e. The van der Waals surface area contributed by atoms with E-state index in [9.17, 15) is 13.2 Å². The highest BCUT2D eigenvalue weighted by molar-refractivity contribution is 7.92. The number of hydrogen-bond acceptors (Lipinski definition) is 4. The SMILES string of the molecule is CCOCCCNC(=O)c1ccc(NS(C)(=O)=O)c(C)c1. The van der Waals surface area contributed by atoms with Crippen molar-refractivity contribution in [3.63, 3.8) is 0 Å². The summed E-state index contributed by atoms with van der Waals surface area (Å²) >= 11 is 0. The monoisotopic (exact) mass is 314 g/mol. The van der Waals surface area contributed by atoms with E-state index in [0.29, 0.717) is 36.6 Å². The molecule has 6 nitrogen and oxygen atoms in total. The van der Waals surface area contributed by atoms with Gasteiger partial charge in [0.1, 0.15) is 0 Å². The molecule has 0 aliphatic heterocycles. The van der Waals surface area contributed by atoms with Gasteiger partial charge in [-0.05, 0) is 44.0 Å². The van der Waals surface area contributed by atoms with E-state index in [2.05, 4.69) is 10.0 Å². The van der Waals surface area contributed by atoms with Gasteiger partial charge < -0.3 is 10.1 Å². The van der Waals surface area contributed by atoms with Gasteiger partial charge in [-0.1, -0.05) is 0 Å². The summed E-state index contributed by atoms with van der Waals surface area (Å²) in [5.74, 6) is -0.180. The number of benzene rings is 1. The second-order valence-corrected chi connectivity index (χ2v) is 6.46. The van der Waals surface area contributed by atoms with Crippen LogP contribution in [-0.4, -0.2) is 40.3 Å². The Balaban J connectivity index is 2.60. The maximum Gasteiger partial charge on any atom is 0.251 e. The maximum absolute atomic E-state index is 11.9. The van der Waals surface area contributed by atoms with Crippen molar-refractivity contribution in [2.45, 2.75) is 20.3 Å². The molecule has 7 heteroatoms. The van der Waals surface area contributed by atoms with Crippen molar-refractivity contribution in [2.24, 2.45) is 0 Å². The number of amides is 1. The molecule has 0 spiro atoms. The van der Waals surface area contributed by atoms with Crippen molar-refractivity contribution in [3.05, 3.63) is 29.3 Å². The molecule has 118 valence electrons. The lowest BCUT2D eigenvalue weighted by Gasteiger charge is -2.10. The Morgan fingerprint density at radius 3 is 2.62 bits per heavy atom. The van der Waals surface area contributed by atoms with Crippen molar-refractivity contribution in [3.8, 4) is 0 Å². The van der Waals surface area contributed by atoms with Gasteiger partial charge in [0.15, 0.2) is 0 Å². The second kappa shape index (κ2) is 7.99. The smallest absolute Gasteiger partial charge is 0.251 e. The highest BCUT2D eigenvalue weighted by Gasteiger charge is 2.09. The number of nitrogens with one attached hydrogen (secondary N) is 2. The van der Waals surface area contributed by atoms with E-state index >= 15 is 0 Å². The fraction of sp³-hybridized carbons (Fsp3) is 0.500. The van der Waals surface area contributed by atoms with E-state index in [1.165, 1.54) is 0 Å². The zero-order valence-electron chi connectivity index (χ0n) is 12.6. The van der Waals surface area contributed by atoms with Crippen LogP contribution in [0.1, 0.15) is 29.3 Å². The Morgan fingerprint density at radius 2 is 2.05 bits per heavy atom. The summed E-state index contributed by atoms with van der Waals surface area (Å²) in [6, 6.07) is 4.84. The third-order valence-electron chi connectivity index (χ3n) is 2.74. The number of anilines is 1. The van der Waals surface area contributed by atoms with Crippen LogP contribution in [0.2, 0.25) is 0 Å². The third-order valence-corrected chi connectivity index (χ3v) is 3.33. The van der Waals surface area contributed by atoms with E-state index < -0.39 is 10.0 Å². The average molecular weight is 314 g/mol. The number of carbonyl (C=O) groups excluding carboxylic acids is 1. The Morgan fingerprint density at radius 1 is 1.33 bits per heavy atom. The number of carbonyl (C=O) groups is 1. The van der Waals surface area contributed by atoms with Crippen LogP contribution in [0.5, 0.6) is 0 Å². The first-order valence-electron chi connectivity index (χ1n) is 6.78. The standard InChI is InChI=1S/C14H22N2O4S/c1-4-20-9-5-8-15-14(17)12-6-7-13(11(2)10-12)16-21(3,18)19/h6-7,10,16H,4-5,8-9H2,1-3H3,(H,15,17). The fourth-order valence-electron chi connectivity index (χ4n) is 1.74. The summed E-state index contributed by atoms with van der Waals surface area (Å²) in [4.78, 5) is 11.9.